The number of ether oxygens (including phenoxy) is 1. The molecule has 0 bridgehead atoms. The summed E-state index contributed by atoms with van der Waals surface area (Å²) in [6.45, 7) is 5.10. The lowest BCUT2D eigenvalue weighted by Gasteiger charge is -2.28. The topological polar surface area (TPSA) is 105 Å². The zero-order chi connectivity index (χ0) is 14.6. The molecule has 1 aliphatic heterocycles. The van der Waals surface area contributed by atoms with E-state index >= 15 is 0 Å². The monoisotopic (exact) mass is 272 g/mol. The van der Waals surface area contributed by atoms with Crippen LogP contribution in [-0.2, 0) is 19.1 Å². The number of nitrogens with one attached hydrogen (secondary N) is 2. The van der Waals surface area contributed by atoms with E-state index in [0.717, 1.165) is 0 Å². The highest BCUT2D eigenvalue weighted by Crippen LogP contribution is 2.19. The van der Waals surface area contributed by atoms with Crippen molar-refractivity contribution in [2.24, 2.45) is 5.92 Å². The molecule has 0 aliphatic carbocycles. The first-order chi connectivity index (χ1) is 8.78. The summed E-state index contributed by atoms with van der Waals surface area (Å²) < 4.78 is 5.06. The fourth-order valence-electron chi connectivity index (χ4n) is 1.95. The van der Waals surface area contributed by atoms with E-state index in [-0.39, 0.29) is 24.9 Å². The molecule has 1 aliphatic rings. The van der Waals surface area contributed by atoms with Crippen molar-refractivity contribution in [1.29, 1.82) is 0 Å². The van der Waals surface area contributed by atoms with E-state index in [4.69, 9.17) is 4.74 Å². The molecule has 1 heterocycles. The number of hydrogen-bond donors (Lipinski definition) is 3. The van der Waals surface area contributed by atoms with Gasteiger partial charge in [-0.05, 0) is 5.92 Å². The predicted molar refractivity (Wildman–Crippen MR) is 66.4 cm³/mol. The van der Waals surface area contributed by atoms with E-state index in [1.165, 1.54) is 6.92 Å². The zero-order valence-corrected chi connectivity index (χ0v) is 11.4. The van der Waals surface area contributed by atoms with Crippen LogP contribution in [0.2, 0.25) is 0 Å². The predicted octanol–water partition coefficient (Wildman–Crippen LogP) is -0.493. The molecule has 0 aromatic rings. The molecule has 1 rings (SSSR count). The van der Waals surface area contributed by atoms with Gasteiger partial charge in [-0.15, -0.1) is 0 Å². The first kappa shape index (κ1) is 15.4. The number of carbonyl (C=O) groups excluding carboxylic acids is 2. The van der Waals surface area contributed by atoms with Gasteiger partial charge in [-0.3, -0.25) is 9.59 Å². The molecule has 0 aromatic carbocycles. The Kier molecular flexibility index (Phi) is 4.88. The Morgan fingerprint density at radius 2 is 1.95 bits per heavy atom. The van der Waals surface area contributed by atoms with E-state index in [9.17, 15) is 19.5 Å². The molecule has 108 valence electrons. The molecule has 0 aromatic heterocycles. The van der Waals surface area contributed by atoms with Crippen molar-refractivity contribution < 1.29 is 24.2 Å². The van der Waals surface area contributed by atoms with Crippen molar-refractivity contribution in [3.8, 4) is 0 Å². The third-order valence-corrected chi connectivity index (χ3v) is 3.10. The SMILES string of the molecule is CC(=O)NC(C(=O)NC1(C(=O)O)CCOC1)C(C)C. The molecular formula is C12H20N2O5. The molecule has 0 saturated carbocycles. The van der Waals surface area contributed by atoms with Crippen molar-refractivity contribution >= 4 is 17.8 Å². The van der Waals surface area contributed by atoms with Gasteiger partial charge in [0.05, 0.1) is 6.61 Å². The van der Waals surface area contributed by atoms with Crippen LogP contribution in [0, 0.1) is 5.92 Å². The van der Waals surface area contributed by atoms with Crippen molar-refractivity contribution in [2.45, 2.75) is 38.8 Å². The summed E-state index contributed by atoms with van der Waals surface area (Å²) >= 11 is 0. The van der Waals surface area contributed by atoms with Crippen LogP contribution >= 0.6 is 0 Å². The third kappa shape index (κ3) is 3.66. The smallest absolute Gasteiger partial charge is 0.331 e. The minimum absolute atomic E-state index is 0.0566. The number of carbonyl (C=O) groups is 3. The third-order valence-electron chi connectivity index (χ3n) is 3.10. The quantitative estimate of drug-likeness (QED) is 0.626. The van der Waals surface area contributed by atoms with Gasteiger partial charge in [-0.2, -0.15) is 0 Å². The average molecular weight is 272 g/mol. The highest BCUT2D eigenvalue weighted by Gasteiger charge is 2.45. The molecule has 0 radical (unpaired) electrons. The molecule has 3 N–H and O–H groups in total. The van der Waals surface area contributed by atoms with Gasteiger partial charge in [0.25, 0.3) is 0 Å². The van der Waals surface area contributed by atoms with E-state index in [1.54, 1.807) is 13.8 Å². The van der Waals surface area contributed by atoms with Gasteiger partial charge >= 0.3 is 5.97 Å². The van der Waals surface area contributed by atoms with Crippen LogP contribution in [-0.4, -0.2) is 47.7 Å². The van der Waals surface area contributed by atoms with Gasteiger partial charge in [0, 0.05) is 20.0 Å². The summed E-state index contributed by atoms with van der Waals surface area (Å²) in [4.78, 5) is 34.5. The normalized spacial score (nSPS) is 24.0. The Morgan fingerprint density at radius 3 is 2.32 bits per heavy atom. The maximum Gasteiger partial charge on any atom is 0.331 e. The first-order valence-electron chi connectivity index (χ1n) is 6.19. The largest absolute Gasteiger partial charge is 0.479 e. The molecule has 2 atom stereocenters. The summed E-state index contributed by atoms with van der Waals surface area (Å²) in [6.07, 6.45) is 0.221. The second-order valence-electron chi connectivity index (χ2n) is 5.10. The van der Waals surface area contributed by atoms with E-state index in [2.05, 4.69) is 10.6 Å². The van der Waals surface area contributed by atoms with Crippen LogP contribution < -0.4 is 10.6 Å². The molecular weight excluding hydrogens is 252 g/mol. The van der Waals surface area contributed by atoms with Gasteiger partial charge in [0.2, 0.25) is 11.8 Å². The minimum Gasteiger partial charge on any atom is -0.479 e. The van der Waals surface area contributed by atoms with Crippen molar-refractivity contribution in [2.75, 3.05) is 13.2 Å². The Balaban J connectivity index is 2.80. The van der Waals surface area contributed by atoms with E-state index in [0.29, 0.717) is 6.61 Å². The highest BCUT2D eigenvalue weighted by molar-refractivity contribution is 5.92. The Labute approximate surface area is 111 Å². The molecule has 19 heavy (non-hydrogen) atoms. The van der Waals surface area contributed by atoms with Crippen molar-refractivity contribution in [1.82, 2.24) is 10.6 Å². The molecule has 7 heteroatoms. The number of carboxylic acids is 1. The lowest BCUT2D eigenvalue weighted by molar-refractivity contribution is -0.148. The number of amides is 2. The lowest BCUT2D eigenvalue weighted by Crippen LogP contribution is -2.60. The number of aliphatic carboxylic acids is 1. The summed E-state index contributed by atoms with van der Waals surface area (Å²) in [7, 11) is 0. The van der Waals surface area contributed by atoms with Crippen LogP contribution in [0.15, 0.2) is 0 Å². The lowest BCUT2D eigenvalue weighted by atomic mass is 9.96. The van der Waals surface area contributed by atoms with Gasteiger partial charge < -0.3 is 20.5 Å². The van der Waals surface area contributed by atoms with Gasteiger partial charge in [-0.25, -0.2) is 4.79 Å². The number of hydrogen-bond acceptors (Lipinski definition) is 4. The van der Waals surface area contributed by atoms with Crippen LogP contribution in [0.1, 0.15) is 27.2 Å². The molecule has 0 spiro atoms. The van der Waals surface area contributed by atoms with Crippen LogP contribution in [0.25, 0.3) is 0 Å². The molecule has 1 fully saturated rings. The highest BCUT2D eigenvalue weighted by atomic mass is 16.5. The Morgan fingerprint density at radius 1 is 1.32 bits per heavy atom. The Hall–Kier alpha value is -1.63. The molecule has 1 saturated heterocycles. The molecule has 7 nitrogen and oxygen atoms in total. The van der Waals surface area contributed by atoms with Gasteiger partial charge in [0.1, 0.15) is 6.04 Å². The average Bonchev–Trinajstić information content (AvgIpc) is 2.74. The fourth-order valence-corrected chi connectivity index (χ4v) is 1.95. The second kappa shape index (κ2) is 6.01. The number of rotatable bonds is 5. The summed E-state index contributed by atoms with van der Waals surface area (Å²) in [5.74, 6) is -2.10. The van der Waals surface area contributed by atoms with Crippen LogP contribution in [0.5, 0.6) is 0 Å². The van der Waals surface area contributed by atoms with Gasteiger partial charge in [0.15, 0.2) is 5.54 Å². The standard InChI is InChI=1S/C12H20N2O5/c1-7(2)9(13-8(3)15)10(16)14-12(11(17)18)4-5-19-6-12/h7,9H,4-6H2,1-3H3,(H,13,15)(H,14,16)(H,17,18). The summed E-state index contributed by atoms with van der Waals surface area (Å²) in [5, 5.41) is 14.3. The number of carboxylic acid groups (broad SMARTS) is 1. The fraction of sp³-hybridized carbons (Fsp3) is 0.750. The van der Waals surface area contributed by atoms with E-state index < -0.39 is 23.5 Å². The van der Waals surface area contributed by atoms with Gasteiger partial charge in [-0.1, -0.05) is 13.8 Å². The van der Waals surface area contributed by atoms with E-state index in [1.807, 2.05) is 0 Å². The molecule has 2 amide bonds. The van der Waals surface area contributed by atoms with Crippen LogP contribution in [0.4, 0.5) is 0 Å². The van der Waals surface area contributed by atoms with Crippen LogP contribution in [0.3, 0.4) is 0 Å². The summed E-state index contributed by atoms with van der Waals surface area (Å²) in [6, 6.07) is -0.755. The second-order valence-corrected chi connectivity index (χ2v) is 5.10. The van der Waals surface area contributed by atoms with Crippen molar-refractivity contribution in [3.05, 3.63) is 0 Å². The Bertz CT molecular complexity index is 374. The first-order valence-corrected chi connectivity index (χ1v) is 6.19. The maximum atomic E-state index is 12.1. The zero-order valence-electron chi connectivity index (χ0n) is 11.4. The summed E-state index contributed by atoms with van der Waals surface area (Å²) in [5.41, 5.74) is -1.39. The minimum atomic E-state index is -1.39. The van der Waals surface area contributed by atoms with Crippen molar-refractivity contribution in [3.63, 3.8) is 0 Å². The maximum absolute atomic E-state index is 12.1. The molecule has 2 unspecified atom stereocenters.